The van der Waals surface area contributed by atoms with Crippen LogP contribution in [0.1, 0.15) is 11.5 Å². The number of thiazole rings is 1. The predicted octanol–water partition coefficient (Wildman–Crippen LogP) is 4.86. The molecule has 0 radical (unpaired) electrons. The van der Waals surface area contributed by atoms with E-state index in [4.69, 9.17) is 20.2 Å². The number of carbonyl (C=O) groups is 2. The lowest BCUT2D eigenvalue weighted by Crippen LogP contribution is -2.40. The van der Waals surface area contributed by atoms with Gasteiger partial charge in [-0.25, -0.2) is 14.6 Å². The van der Waals surface area contributed by atoms with Gasteiger partial charge >= 0.3 is 11.9 Å². The second-order valence-electron chi connectivity index (χ2n) is 8.37. The van der Waals surface area contributed by atoms with Crippen LogP contribution in [0.15, 0.2) is 102 Å². The largest absolute Gasteiger partial charge is 0.466 e. The van der Waals surface area contributed by atoms with E-state index >= 15 is 0 Å². The number of ether oxygens (including phenoxy) is 2. The highest BCUT2D eigenvalue weighted by atomic mass is 32.1. The first-order valence-electron chi connectivity index (χ1n) is 11.6. The predicted molar refractivity (Wildman–Crippen MR) is 145 cm³/mol. The minimum absolute atomic E-state index is 0.0159. The van der Waals surface area contributed by atoms with Gasteiger partial charge in [0.1, 0.15) is 16.5 Å². The minimum atomic E-state index is -0.916. The van der Waals surface area contributed by atoms with Gasteiger partial charge in [-0.2, -0.15) is 5.26 Å². The summed E-state index contributed by atoms with van der Waals surface area (Å²) < 4.78 is 11.2. The highest BCUT2D eigenvalue weighted by Gasteiger charge is 2.42. The number of aromatic nitrogens is 1. The number of esters is 2. The summed E-state index contributed by atoms with van der Waals surface area (Å²) in [5.74, 6) is -2.46. The number of methoxy groups -OCH3 is 2. The van der Waals surface area contributed by atoms with Gasteiger partial charge in [-0.3, -0.25) is 4.90 Å². The van der Waals surface area contributed by atoms with Gasteiger partial charge < -0.3 is 15.2 Å². The number of nitriles is 1. The lowest BCUT2D eigenvalue weighted by molar-refractivity contribution is -0.139. The number of rotatable bonds is 5. The van der Waals surface area contributed by atoms with E-state index in [1.807, 2.05) is 42.5 Å². The molecule has 188 valence electrons. The van der Waals surface area contributed by atoms with Gasteiger partial charge in [0.2, 0.25) is 0 Å². The Morgan fingerprint density at radius 1 is 0.947 bits per heavy atom. The zero-order chi connectivity index (χ0) is 26.8. The fourth-order valence-corrected chi connectivity index (χ4v) is 5.50. The van der Waals surface area contributed by atoms with Gasteiger partial charge in [-0.15, -0.1) is 11.3 Å². The molecule has 38 heavy (non-hydrogen) atoms. The third-order valence-electron chi connectivity index (χ3n) is 6.28. The summed E-state index contributed by atoms with van der Waals surface area (Å²) in [6.07, 6.45) is 0. The number of anilines is 1. The number of benzene rings is 3. The van der Waals surface area contributed by atoms with E-state index in [0.717, 1.165) is 20.8 Å². The number of nitrogens with two attached hydrogens (primary N) is 1. The molecule has 0 bridgehead atoms. The van der Waals surface area contributed by atoms with E-state index in [0.29, 0.717) is 11.3 Å². The molecule has 0 aliphatic carbocycles. The lowest BCUT2D eigenvalue weighted by atomic mass is 9.81. The van der Waals surface area contributed by atoms with Crippen LogP contribution < -0.4 is 10.6 Å². The number of hydrogen-bond acceptors (Lipinski definition) is 9. The van der Waals surface area contributed by atoms with Gasteiger partial charge in [0.25, 0.3) is 0 Å². The molecule has 1 aliphatic rings. The number of para-hydroxylation sites is 1. The van der Waals surface area contributed by atoms with E-state index in [2.05, 4.69) is 6.07 Å². The van der Waals surface area contributed by atoms with Crippen molar-refractivity contribution in [2.75, 3.05) is 19.1 Å². The Bertz CT molecular complexity index is 1620. The summed E-state index contributed by atoms with van der Waals surface area (Å²) >= 11 is 1.56. The van der Waals surface area contributed by atoms with E-state index < -0.39 is 17.9 Å². The first kappa shape index (κ1) is 24.7. The first-order chi connectivity index (χ1) is 18.5. The van der Waals surface area contributed by atoms with Crippen LogP contribution in [0.5, 0.6) is 0 Å². The lowest BCUT2D eigenvalue weighted by Gasteiger charge is -2.35. The van der Waals surface area contributed by atoms with Crippen molar-refractivity contribution < 1.29 is 19.1 Å². The van der Waals surface area contributed by atoms with Gasteiger partial charge in [0.15, 0.2) is 0 Å². The summed E-state index contributed by atoms with van der Waals surface area (Å²) in [7, 11) is 2.44. The Morgan fingerprint density at radius 3 is 2.24 bits per heavy atom. The number of carbonyl (C=O) groups excluding carboxylic acids is 2. The summed E-state index contributed by atoms with van der Waals surface area (Å²) in [6, 6.07) is 26.1. The average Bonchev–Trinajstić information content (AvgIpc) is 3.40. The van der Waals surface area contributed by atoms with Crippen molar-refractivity contribution in [2.45, 2.75) is 5.92 Å². The maximum atomic E-state index is 13.2. The fraction of sp³-hybridized carbons (Fsp3) is 0.103. The summed E-state index contributed by atoms with van der Waals surface area (Å²) in [5, 5.41) is 11.0. The second-order valence-corrected chi connectivity index (χ2v) is 9.40. The maximum Gasteiger partial charge on any atom is 0.355 e. The minimum Gasteiger partial charge on any atom is -0.466 e. The van der Waals surface area contributed by atoms with Crippen LogP contribution in [0.4, 0.5) is 5.69 Å². The third kappa shape index (κ3) is 4.17. The Hall–Kier alpha value is -4.94. The molecule has 0 saturated carbocycles. The fourth-order valence-electron chi connectivity index (χ4n) is 4.53. The zero-order valence-electron chi connectivity index (χ0n) is 20.5. The molecule has 8 nitrogen and oxygen atoms in total. The quantitative estimate of drug-likeness (QED) is 0.369. The van der Waals surface area contributed by atoms with Gasteiger partial charge in [-0.1, -0.05) is 42.5 Å². The van der Waals surface area contributed by atoms with Gasteiger partial charge in [0, 0.05) is 11.3 Å². The van der Waals surface area contributed by atoms with Crippen LogP contribution in [-0.4, -0.2) is 31.1 Å². The smallest absolute Gasteiger partial charge is 0.355 e. The Labute approximate surface area is 222 Å². The van der Waals surface area contributed by atoms with Crippen molar-refractivity contribution in [1.29, 1.82) is 5.26 Å². The van der Waals surface area contributed by atoms with Gasteiger partial charge in [0.05, 0.1) is 47.6 Å². The van der Waals surface area contributed by atoms with Crippen LogP contribution >= 0.6 is 11.3 Å². The van der Waals surface area contributed by atoms with Crippen LogP contribution in [0.3, 0.4) is 0 Å². The molecule has 0 fully saturated rings. The molecule has 5 rings (SSSR count). The topological polar surface area (TPSA) is 119 Å². The maximum absolute atomic E-state index is 13.2. The second kappa shape index (κ2) is 10.2. The van der Waals surface area contributed by atoms with Crippen molar-refractivity contribution in [2.24, 2.45) is 5.73 Å². The van der Waals surface area contributed by atoms with Gasteiger partial charge in [-0.05, 0) is 42.0 Å². The van der Waals surface area contributed by atoms with Crippen molar-refractivity contribution >= 4 is 39.2 Å². The summed E-state index contributed by atoms with van der Waals surface area (Å²) in [6.45, 7) is 0. The molecule has 0 amide bonds. The Kier molecular flexibility index (Phi) is 6.64. The SMILES string of the molecule is COC(=O)C1=C(C(=O)OC)N(c2ccc(-c3nc4ccccc4s3)cc2)C(N)=C(C#N)C1c1ccccc1. The van der Waals surface area contributed by atoms with Crippen molar-refractivity contribution in [1.82, 2.24) is 4.98 Å². The van der Waals surface area contributed by atoms with Crippen LogP contribution in [0, 0.1) is 11.3 Å². The number of hydrogen-bond donors (Lipinski definition) is 1. The average molecular weight is 523 g/mol. The van der Waals surface area contributed by atoms with E-state index in [1.54, 1.807) is 47.7 Å². The molecule has 0 saturated heterocycles. The molecule has 4 aromatic rings. The molecule has 1 unspecified atom stereocenters. The summed E-state index contributed by atoms with van der Waals surface area (Å²) in [5.41, 5.74) is 9.37. The van der Waals surface area contributed by atoms with Crippen LogP contribution in [-0.2, 0) is 19.1 Å². The molecule has 1 atom stereocenters. The first-order valence-corrected chi connectivity index (χ1v) is 12.4. The molecule has 1 aromatic heterocycles. The molecule has 9 heteroatoms. The highest BCUT2D eigenvalue weighted by molar-refractivity contribution is 7.21. The van der Waals surface area contributed by atoms with E-state index in [-0.39, 0.29) is 22.7 Å². The standard InChI is InChI=1S/C29H22N4O4S/c1-36-28(34)24-23(17-8-4-3-5-9-17)20(16-30)26(31)33(25(24)29(35)37-2)19-14-12-18(13-15-19)27-32-21-10-6-7-11-22(21)38-27/h3-15,23H,31H2,1-2H3. The van der Waals surface area contributed by atoms with Crippen LogP contribution in [0.2, 0.25) is 0 Å². The summed E-state index contributed by atoms with van der Waals surface area (Å²) in [4.78, 5) is 32.4. The number of allylic oxidation sites excluding steroid dienone is 1. The number of fused-ring (bicyclic) bond motifs is 1. The van der Waals surface area contributed by atoms with Crippen molar-refractivity contribution in [3.8, 4) is 16.6 Å². The molecule has 1 aliphatic heterocycles. The van der Waals surface area contributed by atoms with Crippen molar-refractivity contribution in [3.05, 3.63) is 107 Å². The third-order valence-corrected chi connectivity index (χ3v) is 7.36. The molecule has 2 N–H and O–H groups in total. The van der Waals surface area contributed by atoms with E-state index in [1.165, 1.54) is 19.1 Å². The normalized spacial score (nSPS) is 15.4. The highest BCUT2D eigenvalue weighted by Crippen LogP contribution is 2.43. The molecular weight excluding hydrogens is 500 g/mol. The molecule has 2 heterocycles. The molecular formula is C29H22N4O4S. The monoisotopic (exact) mass is 522 g/mol. The molecule has 3 aromatic carbocycles. The number of nitrogens with zero attached hydrogens (tertiary/aromatic N) is 3. The molecule has 0 spiro atoms. The van der Waals surface area contributed by atoms with Crippen molar-refractivity contribution in [3.63, 3.8) is 0 Å². The Balaban J connectivity index is 1.68. The Morgan fingerprint density at radius 2 is 1.61 bits per heavy atom. The zero-order valence-corrected chi connectivity index (χ0v) is 21.4. The van der Waals surface area contributed by atoms with Crippen LogP contribution in [0.25, 0.3) is 20.8 Å². The van der Waals surface area contributed by atoms with E-state index in [9.17, 15) is 14.9 Å².